The molecule has 1 saturated heterocycles. The molecular formula is C19H18ClN3O3. The molecule has 0 spiro atoms. The van der Waals surface area contributed by atoms with Crippen LogP contribution in [0.5, 0.6) is 0 Å². The molecule has 1 fully saturated rings. The number of para-hydroxylation sites is 2. The zero-order chi connectivity index (χ0) is 18.7. The number of anilines is 2. The van der Waals surface area contributed by atoms with Crippen molar-refractivity contribution in [1.82, 2.24) is 0 Å². The van der Waals surface area contributed by atoms with Crippen molar-refractivity contribution < 1.29 is 14.4 Å². The highest BCUT2D eigenvalue weighted by molar-refractivity contribution is 6.33. The maximum absolute atomic E-state index is 12.6. The van der Waals surface area contributed by atoms with Crippen LogP contribution in [-0.2, 0) is 20.8 Å². The van der Waals surface area contributed by atoms with Crippen LogP contribution in [0.15, 0.2) is 48.5 Å². The Bertz CT molecular complexity index is 869. The number of hydrogen-bond acceptors (Lipinski definition) is 3. The first kappa shape index (κ1) is 17.9. The van der Waals surface area contributed by atoms with Crippen molar-refractivity contribution in [2.75, 3.05) is 16.8 Å². The lowest BCUT2D eigenvalue weighted by molar-refractivity contribution is -0.122. The molecule has 1 heterocycles. The molecule has 2 aromatic rings. The summed E-state index contributed by atoms with van der Waals surface area (Å²) in [6, 6.07) is 14.0. The highest BCUT2D eigenvalue weighted by Gasteiger charge is 2.36. The van der Waals surface area contributed by atoms with Crippen LogP contribution in [0.1, 0.15) is 12.0 Å². The van der Waals surface area contributed by atoms with Gasteiger partial charge >= 0.3 is 0 Å². The van der Waals surface area contributed by atoms with Gasteiger partial charge in [-0.2, -0.15) is 0 Å². The van der Waals surface area contributed by atoms with Crippen LogP contribution in [0.25, 0.3) is 0 Å². The average Bonchev–Trinajstić information content (AvgIpc) is 2.98. The number of benzene rings is 2. The van der Waals surface area contributed by atoms with E-state index in [1.807, 2.05) is 0 Å². The van der Waals surface area contributed by atoms with Gasteiger partial charge in [-0.3, -0.25) is 14.4 Å². The predicted octanol–water partition coefficient (Wildman–Crippen LogP) is 2.36. The van der Waals surface area contributed by atoms with E-state index in [1.54, 1.807) is 48.5 Å². The van der Waals surface area contributed by atoms with Gasteiger partial charge in [0.05, 0.1) is 23.0 Å². The maximum atomic E-state index is 12.6. The van der Waals surface area contributed by atoms with Crippen molar-refractivity contribution in [2.24, 2.45) is 11.7 Å². The van der Waals surface area contributed by atoms with Crippen LogP contribution in [0, 0.1) is 5.92 Å². The lowest BCUT2D eigenvalue weighted by Gasteiger charge is -2.18. The zero-order valence-electron chi connectivity index (χ0n) is 13.9. The van der Waals surface area contributed by atoms with Crippen molar-refractivity contribution in [1.29, 1.82) is 0 Å². The summed E-state index contributed by atoms with van der Waals surface area (Å²) >= 11 is 6.16. The number of carbonyl (C=O) groups is 3. The van der Waals surface area contributed by atoms with E-state index in [0.29, 0.717) is 22.0 Å². The van der Waals surface area contributed by atoms with Gasteiger partial charge in [0.1, 0.15) is 0 Å². The molecular weight excluding hydrogens is 354 g/mol. The minimum atomic E-state index is -0.500. The lowest BCUT2D eigenvalue weighted by atomic mass is 10.1. The number of nitrogens with zero attached hydrogens (tertiary/aromatic N) is 1. The van der Waals surface area contributed by atoms with Gasteiger partial charge in [-0.25, -0.2) is 0 Å². The summed E-state index contributed by atoms with van der Waals surface area (Å²) in [6.45, 7) is 0.256. The Morgan fingerprint density at radius 2 is 1.85 bits per heavy atom. The van der Waals surface area contributed by atoms with Crippen molar-refractivity contribution in [2.45, 2.75) is 12.8 Å². The monoisotopic (exact) mass is 371 g/mol. The summed E-state index contributed by atoms with van der Waals surface area (Å²) in [4.78, 5) is 37.7. The molecule has 0 radical (unpaired) electrons. The van der Waals surface area contributed by atoms with Gasteiger partial charge in [0.2, 0.25) is 17.7 Å². The second kappa shape index (κ2) is 7.58. The molecule has 1 aliphatic rings. The molecule has 0 aliphatic carbocycles. The van der Waals surface area contributed by atoms with Crippen LogP contribution in [0.4, 0.5) is 11.4 Å². The minimum absolute atomic E-state index is 0.0335. The molecule has 0 bridgehead atoms. The van der Waals surface area contributed by atoms with E-state index in [4.69, 9.17) is 17.3 Å². The summed E-state index contributed by atoms with van der Waals surface area (Å²) in [6.07, 6.45) is 0.140. The van der Waals surface area contributed by atoms with E-state index in [0.717, 1.165) is 0 Å². The van der Waals surface area contributed by atoms with Gasteiger partial charge in [0.25, 0.3) is 0 Å². The van der Waals surface area contributed by atoms with Gasteiger partial charge in [-0.1, -0.05) is 41.9 Å². The molecule has 3 rings (SSSR count). The van der Waals surface area contributed by atoms with Crippen molar-refractivity contribution >= 4 is 40.7 Å². The smallest absolute Gasteiger partial charge is 0.229 e. The molecule has 3 amide bonds. The summed E-state index contributed by atoms with van der Waals surface area (Å²) in [5.41, 5.74) is 7.01. The molecule has 7 heteroatoms. The average molecular weight is 372 g/mol. The van der Waals surface area contributed by atoms with Crippen LogP contribution in [0.3, 0.4) is 0 Å². The Morgan fingerprint density at radius 3 is 2.58 bits per heavy atom. The summed E-state index contributed by atoms with van der Waals surface area (Å²) in [5, 5.41) is 3.27. The number of nitrogens with one attached hydrogen (secondary N) is 1. The first-order chi connectivity index (χ1) is 12.5. The van der Waals surface area contributed by atoms with Gasteiger partial charge in [0, 0.05) is 18.7 Å². The van der Waals surface area contributed by atoms with E-state index in [-0.39, 0.29) is 31.2 Å². The van der Waals surface area contributed by atoms with Gasteiger partial charge in [0.15, 0.2) is 0 Å². The summed E-state index contributed by atoms with van der Waals surface area (Å²) < 4.78 is 0. The first-order valence-corrected chi connectivity index (χ1v) is 8.55. The Labute approximate surface area is 155 Å². The summed E-state index contributed by atoms with van der Waals surface area (Å²) in [7, 11) is 0. The molecule has 1 atom stereocenters. The fourth-order valence-electron chi connectivity index (χ4n) is 3.01. The third kappa shape index (κ3) is 3.86. The molecule has 1 unspecified atom stereocenters. The molecule has 0 saturated carbocycles. The van der Waals surface area contributed by atoms with E-state index in [2.05, 4.69) is 5.32 Å². The van der Waals surface area contributed by atoms with E-state index in [1.165, 1.54) is 4.90 Å². The Hall–Kier alpha value is -2.86. The molecule has 0 aromatic heterocycles. The number of halogens is 1. The quantitative estimate of drug-likeness (QED) is 0.845. The number of primary amides is 1. The number of hydrogen-bond donors (Lipinski definition) is 2. The van der Waals surface area contributed by atoms with Gasteiger partial charge in [-0.15, -0.1) is 0 Å². The largest absolute Gasteiger partial charge is 0.369 e. The molecule has 134 valence electrons. The Kier molecular flexibility index (Phi) is 5.23. The number of nitrogens with two attached hydrogens (primary N) is 1. The normalized spacial score (nSPS) is 16.6. The highest BCUT2D eigenvalue weighted by Crippen LogP contribution is 2.31. The van der Waals surface area contributed by atoms with Crippen molar-refractivity contribution in [3.63, 3.8) is 0 Å². The Morgan fingerprint density at radius 1 is 1.15 bits per heavy atom. The lowest BCUT2D eigenvalue weighted by Crippen LogP contribution is -2.28. The van der Waals surface area contributed by atoms with Gasteiger partial charge < -0.3 is 16.0 Å². The van der Waals surface area contributed by atoms with Crippen molar-refractivity contribution in [3.8, 4) is 0 Å². The topological polar surface area (TPSA) is 92.5 Å². The standard InChI is InChI=1S/C19H18ClN3O3/c20-14-6-2-4-8-16(14)23-11-13(10-18(23)25)19(26)22-15-7-3-1-5-12(15)9-17(21)24/h1-8,13H,9-11H2,(H2,21,24)(H,22,26). The zero-order valence-corrected chi connectivity index (χ0v) is 14.7. The summed E-state index contributed by atoms with van der Waals surface area (Å²) in [5.74, 6) is -1.40. The fourth-order valence-corrected chi connectivity index (χ4v) is 3.24. The second-order valence-corrected chi connectivity index (χ2v) is 6.55. The van der Waals surface area contributed by atoms with E-state index >= 15 is 0 Å². The number of amides is 3. The second-order valence-electron chi connectivity index (χ2n) is 6.15. The highest BCUT2D eigenvalue weighted by atomic mass is 35.5. The molecule has 1 aliphatic heterocycles. The van der Waals surface area contributed by atoms with E-state index in [9.17, 15) is 14.4 Å². The van der Waals surface area contributed by atoms with Crippen LogP contribution < -0.4 is 16.0 Å². The predicted molar refractivity (Wildman–Crippen MR) is 99.9 cm³/mol. The van der Waals surface area contributed by atoms with Crippen LogP contribution in [-0.4, -0.2) is 24.3 Å². The van der Waals surface area contributed by atoms with Crippen LogP contribution in [0.2, 0.25) is 5.02 Å². The molecule has 2 aromatic carbocycles. The van der Waals surface area contributed by atoms with Crippen molar-refractivity contribution in [3.05, 3.63) is 59.1 Å². The fraction of sp³-hybridized carbons (Fsp3) is 0.211. The van der Waals surface area contributed by atoms with Gasteiger partial charge in [-0.05, 0) is 23.8 Å². The SMILES string of the molecule is NC(=O)Cc1ccccc1NC(=O)C1CC(=O)N(c2ccccc2Cl)C1. The first-order valence-electron chi connectivity index (χ1n) is 8.17. The van der Waals surface area contributed by atoms with Crippen LogP contribution >= 0.6 is 11.6 Å². The molecule has 26 heavy (non-hydrogen) atoms. The minimum Gasteiger partial charge on any atom is -0.369 e. The molecule has 3 N–H and O–H groups in total. The number of carbonyl (C=O) groups excluding carboxylic acids is 3. The maximum Gasteiger partial charge on any atom is 0.229 e. The molecule has 6 nitrogen and oxygen atoms in total. The third-order valence-electron chi connectivity index (χ3n) is 4.28. The Balaban J connectivity index is 1.73. The number of rotatable bonds is 5. The van der Waals surface area contributed by atoms with E-state index < -0.39 is 11.8 Å². The third-order valence-corrected chi connectivity index (χ3v) is 4.60.